The summed E-state index contributed by atoms with van der Waals surface area (Å²) in [5, 5.41) is 5.32. The van der Waals surface area contributed by atoms with Gasteiger partial charge in [0.1, 0.15) is 0 Å². The lowest BCUT2D eigenvalue weighted by atomic mass is 9.97. The average Bonchev–Trinajstić information content (AvgIpc) is 3.20. The van der Waals surface area contributed by atoms with Crippen molar-refractivity contribution in [1.82, 2.24) is 30.6 Å². The molecule has 2 amide bonds. The van der Waals surface area contributed by atoms with Gasteiger partial charge in [-0.2, -0.15) is 13.8 Å². The fourth-order valence-electron chi connectivity index (χ4n) is 4.48. The zero-order valence-electron chi connectivity index (χ0n) is 20.6. The standard InChI is InChI=1S/C26H25F2N7O2S/c1-15-8-19(31-20(9-15)17-10-22(27)33-23(28)11-17)14-29-13-16-3-6-35(7-4-16)25-30-5-2-18(32-25)12-21-24(36)34-26(37)38-21/h2,5,8-12,16,29H,3-4,6-7,13-14H2,1H3,(H,34,36,37)/b21-12-. The Bertz CT molecular complexity index is 1390. The Morgan fingerprint density at radius 1 is 1.11 bits per heavy atom. The Morgan fingerprint density at radius 3 is 2.58 bits per heavy atom. The molecule has 5 rings (SSSR count). The van der Waals surface area contributed by atoms with Crippen molar-refractivity contribution in [3.63, 3.8) is 0 Å². The van der Waals surface area contributed by atoms with E-state index in [0.29, 0.717) is 40.3 Å². The second-order valence-corrected chi connectivity index (χ2v) is 10.2. The molecule has 0 atom stereocenters. The Balaban J connectivity index is 1.14. The van der Waals surface area contributed by atoms with E-state index in [0.717, 1.165) is 55.5 Å². The predicted octanol–water partition coefficient (Wildman–Crippen LogP) is 3.85. The summed E-state index contributed by atoms with van der Waals surface area (Å²) >= 11 is 0.861. The Kier molecular flexibility index (Phi) is 7.70. The van der Waals surface area contributed by atoms with Crippen molar-refractivity contribution < 1.29 is 18.4 Å². The van der Waals surface area contributed by atoms with Crippen LogP contribution < -0.4 is 15.5 Å². The second kappa shape index (κ2) is 11.3. The molecule has 3 aromatic rings. The number of nitrogens with one attached hydrogen (secondary N) is 2. The van der Waals surface area contributed by atoms with Gasteiger partial charge in [0.15, 0.2) is 0 Å². The molecule has 2 aliphatic heterocycles. The maximum Gasteiger partial charge on any atom is 0.290 e. The van der Waals surface area contributed by atoms with Gasteiger partial charge in [-0.3, -0.25) is 19.9 Å². The lowest BCUT2D eigenvalue weighted by Gasteiger charge is -2.32. The highest BCUT2D eigenvalue weighted by Crippen LogP contribution is 2.26. The number of hydrogen-bond acceptors (Lipinski definition) is 9. The van der Waals surface area contributed by atoms with E-state index >= 15 is 0 Å². The Hall–Kier alpha value is -3.77. The van der Waals surface area contributed by atoms with E-state index in [4.69, 9.17) is 0 Å². The van der Waals surface area contributed by atoms with Gasteiger partial charge in [-0.05, 0) is 73.8 Å². The molecule has 0 radical (unpaired) electrons. The summed E-state index contributed by atoms with van der Waals surface area (Å²) in [5.41, 5.74) is 3.19. The highest BCUT2D eigenvalue weighted by molar-refractivity contribution is 8.18. The average molecular weight is 538 g/mol. The van der Waals surface area contributed by atoms with Gasteiger partial charge in [0.2, 0.25) is 17.8 Å². The number of carbonyl (C=O) groups is 2. The van der Waals surface area contributed by atoms with Gasteiger partial charge in [-0.25, -0.2) is 9.97 Å². The van der Waals surface area contributed by atoms with Crippen LogP contribution in [0.1, 0.15) is 29.8 Å². The molecule has 0 bridgehead atoms. The fraction of sp³-hybridized carbons (Fsp3) is 0.308. The van der Waals surface area contributed by atoms with Gasteiger partial charge < -0.3 is 10.2 Å². The quantitative estimate of drug-likeness (QED) is 0.343. The summed E-state index contributed by atoms with van der Waals surface area (Å²) in [4.78, 5) is 42.3. The van der Waals surface area contributed by atoms with E-state index in [1.807, 2.05) is 13.0 Å². The normalized spacial score (nSPS) is 17.3. The molecule has 0 aromatic carbocycles. The number of aromatic nitrogens is 4. The zero-order valence-corrected chi connectivity index (χ0v) is 21.4. The Morgan fingerprint density at radius 2 is 1.87 bits per heavy atom. The molecule has 12 heteroatoms. The van der Waals surface area contributed by atoms with Gasteiger partial charge in [-0.15, -0.1) is 0 Å². The van der Waals surface area contributed by atoms with Gasteiger partial charge in [0.05, 0.1) is 22.0 Å². The number of rotatable bonds is 7. The number of nitrogens with zero attached hydrogens (tertiary/aromatic N) is 5. The van der Waals surface area contributed by atoms with E-state index in [-0.39, 0.29) is 5.24 Å². The molecule has 0 unspecified atom stereocenters. The Labute approximate surface area is 222 Å². The monoisotopic (exact) mass is 537 g/mol. The third-order valence-corrected chi connectivity index (χ3v) is 7.11. The van der Waals surface area contributed by atoms with Crippen molar-refractivity contribution in [3.05, 3.63) is 70.3 Å². The van der Waals surface area contributed by atoms with E-state index in [1.165, 1.54) is 12.1 Å². The highest BCUT2D eigenvalue weighted by atomic mass is 32.2. The first-order chi connectivity index (χ1) is 18.3. The molecular formula is C26H25F2N7O2S. The summed E-state index contributed by atoms with van der Waals surface area (Å²) in [6, 6.07) is 7.81. The van der Waals surface area contributed by atoms with Crippen LogP contribution in [0, 0.1) is 24.7 Å². The van der Waals surface area contributed by atoms with E-state index < -0.39 is 17.8 Å². The summed E-state index contributed by atoms with van der Waals surface area (Å²) in [5.74, 6) is -1.10. The number of aryl methyl sites for hydroxylation is 1. The molecule has 2 N–H and O–H groups in total. The maximum absolute atomic E-state index is 13.6. The van der Waals surface area contributed by atoms with E-state index in [9.17, 15) is 18.4 Å². The summed E-state index contributed by atoms with van der Waals surface area (Å²) < 4.78 is 27.1. The van der Waals surface area contributed by atoms with Crippen LogP contribution in [0.15, 0.2) is 41.4 Å². The molecule has 2 aliphatic rings. The van der Waals surface area contributed by atoms with Gasteiger partial charge in [0.25, 0.3) is 11.1 Å². The SMILES string of the molecule is Cc1cc(CNCC2CCN(c3nccc(/C=C4\SC(=O)NC4=O)n3)CC2)nc(-c2cc(F)nc(F)c2)c1. The van der Waals surface area contributed by atoms with Gasteiger partial charge in [0, 0.05) is 43.5 Å². The molecular weight excluding hydrogens is 512 g/mol. The minimum absolute atomic E-state index is 0.319. The molecule has 196 valence electrons. The predicted molar refractivity (Wildman–Crippen MR) is 140 cm³/mol. The number of imide groups is 1. The lowest BCUT2D eigenvalue weighted by Crippen LogP contribution is -2.38. The van der Waals surface area contributed by atoms with Crippen LogP contribution in [0.25, 0.3) is 17.3 Å². The van der Waals surface area contributed by atoms with Crippen LogP contribution in [-0.4, -0.2) is 50.7 Å². The number of thioether (sulfide) groups is 1. The van der Waals surface area contributed by atoms with Crippen molar-refractivity contribution >= 4 is 34.9 Å². The van der Waals surface area contributed by atoms with Gasteiger partial charge in [-0.1, -0.05) is 0 Å². The molecule has 38 heavy (non-hydrogen) atoms. The first-order valence-corrected chi connectivity index (χ1v) is 13.0. The molecule has 3 aromatic heterocycles. The van der Waals surface area contributed by atoms with Crippen LogP contribution in [0.4, 0.5) is 19.5 Å². The number of anilines is 1. The lowest BCUT2D eigenvalue weighted by molar-refractivity contribution is -0.115. The number of piperidine rings is 1. The van der Waals surface area contributed by atoms with Crippen LogP contribution in [0.5, 0.6) is 0 Å². The van der Waals surface area contributed by atoms with Crippen molar-refractivity contribution in [2.45, 2.75) is 26.3 Å². The smallest absolute Gasteiger partial charge is 0.290 e. The van der Waals surface area contributed by atoms with E-state index in [2.05, 4.69) is 35.5 Å². The topological polar surface area (TPSA) is 113 Å². The number of hydrogen-bond donors (Lipinski definition) is 2. The van der Waals surface area contributed by atoms with Crippen LogP contribution in [0.3, 0.4) is 0 Å². The summed E-state index contributed by atoms with van der Waals surface area (Å²) in [7, 11) is 0. The zero-order chi connectivity index (χ0) is 26.6. The first kappa shape index (κ1) is 25.9. The maximum atomic E-state index is 13.6. The van der Waals surface area contributed by atoms with Crippen molar-refractivity contribution in [2.24, 2.45) is 5.92 Å². The molecule has 9 nitrogen and oxygen atoms in total. The minimum Gasteiger partial charge on any atom is -0.341 e. The minimum atomic E-state index is -0.875. The molecule has 2 fully saturated rings. The van der Waals surface area contributed by atoms with Gasteiger partial charge >= 0.3 is 0 Å². The first-order valence-electron chi connectivity index (χ1n) is 12.2. The third kappa shape index (κ3) is 6.37. The third-order valence-electron chi connectivity index (χ3n) is 6.30. The number of carbonyl (C=O) groups excluding carboxylic acids is 2. The largest absolute Gasteiger partial charge is 0.341 e. The van der Waals surface area contributed by atoms with Crippen molar-refractivity contribution in [1.29, 1.82) is 0 Å². The molecule has 2 saturated heterocycles. The molecule has 5 heterocycles. The number of amides is 2. The van der Waals surface area contributed by atoms with Crippen LogP contribution in [0.2, 0.25) is 0 Å². The second-order valence-electron chi connectivity index (χ2n) is 9.22. The van der Waals surface area contributed by atoms with Crippen molar-refractivity contribution in [3.8, 4) is 11.3 Å². The van der Waals surface area contributed by atoms with E-state index in [1.54, 1.807) is 24.4 Å². The van der Waals surface area contributed by atoms with Crippen LogP contribution in [-0.2, 0) is 11.3 Å². The number of pyridine rings is 2. The molecule has 0 spiro atoms. The molecule has 0 aliphatic carbocycles. The fourth-order valence-corrected chi connectivity index (χ4v) is 5.15. The van der Waals surface area contributed by atoms with Crippen LogP contribution >= 0.6 is 11.8 Å². The highest BCUT2D eigenvalue weighted by Gasteiger charge is 2.26. The van der Waals surface area contributed by atoms with Crippen molar-refractivity contribution in [2.75, 3.05) is 24.5 Å². The molecule has 0 saturated carbocycles. The summed E-state index contributed by atoms with van der Waals surface area (Å²) in [6.45, 7) is 4.87. The summed E-state index contributed by atoms with van der Waals surface area (Å²) in [6.07, 6.45) is 5.16. The number of halogens is 2.